The molecule has 2 aromatic rings. The summed E-state index contributed by atoms with van der Waals surface area (Å²) in [5, 5.41) is 10.3. The zero-order valence-electron chi connectivity index (χ0n) is 11.3. The largest absolute Gasteiger partial charge is 0.524 e. The van der Waals surface area contributed by atoms with E-state index in [0.717, 1.165) is 5.39 Å². The van der Waals surface area contributed by atoms with Gasteiger partial charge in [0.1, 0.15) is 18.0 Å². The van der Waals surface area contributed by atoms with Gasteiger partial charge in [-0.1, -0.05) is 0 Å². The minimum atomic E-state index is -4.69. The van der Waals surface area contributed by atoms with Gasteiger partial charge < -0.3 is 4.90 Å². The number of fused-ring (bicyclic) bond motifs is 1. The Balaban J connectivity index is 2.33. The van der Waals surface area contributed by atoms with Crippen molar-refractivity contribution in [3.8, 4) is 6.07 Å². The highest BCUT2D eigenvalue weighted by Crippen LogP contribution is 2.26. The van der Waals surface area contributed by atoms with Gasteiger partial charge in [0.25, 0.3) is 0 Å². The lowest BCUT2D eigenvalue weighted by Crippen LogP contribution is -2.35. The molecule has 1 heterocycles. The highest BCUT2D eigenvalue weighted by atomic mass is 19.4. The molecule has 0 saturated carbocycles. The van der Waals surface area contributed by atoms with Crippen LogP contribution in [0.15, 0.2) is 30.5 Å². The van der Waals surface area contributed by atoms with Crippen LogP contribution < -0.4 is 4.90 Å². The molecular formula is C14H12F3N3O. The van der Waals surface area contributed by atoms with Crippen molar-refractivity contribution < 1.29 is 17.9 Å². The van der Waals surface area contributed by atoms with Crippen molar-refractivity contribution in [2.24, 2.45) is 0 Å². The number of anilines is 1. The molecule has 0 saturated heterocycles. The average Bonchev–Trinajstić information content (AvgIpc) is 2.43. The van der Waals surface area contributed by atoms with Crippen LogP contribution in [0.5, 0.6) is 0 Å². The van der Waals surface area contributed by atoms with E-state index in [4.69, 9.17) is 5.26 Å². The second-order valence-corrected chi connectivity index (χ2v) is 4.45. The molecule has 7 heteroatoms. The Kier molecular flexibility index (Phi) is 4.00. The molecule has 1 aromatic heterocycles. The molecule has 1 unspecified atom stereocenters. The molecule has 4 nitrogen and oxygen atoms in total. The second-order valence-electron chi connectivity index (χ2n) is 4.45. The van der Waals surface area contributed by atoms with E-state index >= 15 is 0 Å². The van der Waals surface area contributed by atoms with Crippen molar-refractivity contribution in [1.29, 1.82) is 5.26 Å². The van der Waals surface area contributed by atoms with Gasteiger partial charge >= 0.3 is 6.36 Å². The summed E-state index contributed by atoms with van der Waals surface area (Å²) in [5.74, 6) is 0. The predicted octanol–water partition coefficient (Wildman–Crippen LogP) is 3.43. The quantitative estimate of drug-likeness (QED) is 0.814. The normalized spacial score (nSPS) is 13.0. The van der Waals surface area contributed by atoms with Crippen LogP contribution in [0, 0.1) is 11.3 Å². The van der Waals surface area contributed by atoms with Crippen molar-refractivity contribution in [3.63, 3.8) is 0 Å². The molecule has 1 aromatic carbocycles. The molecule has 0 N–H and O–H groups in total. The summed E-state index contributed by atoms with van der Waals surface area (Å²) >= 11 is 0. The van der Waals surface area contributed by atoms with Gasteiger partial charge in [-0.2, -0.15) is 5.26 Å². The number of nitriles is 1. The molecule has 0 aliphatic rings. The average molecular weight is 295 g/mol. The van der Waals surface area contributed by atoms with Gasteiger partial charge in [0, 0.05) is 24.3 Å². The molecule has 0 fully saturated rings. The van der Waals surface area contributed by atoms with Crippen molar-refractivity contribution >= 4 is 16.5 Å². The first kappa shape index (κ1) is 15.1. The number of ether oxygens (including phenoxy) is 1. The van der Waals surface area contributed by atoms with Crippen LogP contribution in [-0.2, 0) is 4.74 Å². The van der Waals surface area contributed by atoms with Crippen LogP contribution >= 0.6 is 0 Å². The molecule has 110 valence electrons. The fourth-order valence-corrected chi connectivity index (χ4v) is 1.96. The lowest BCUT2D eigenvalue weighted by Gasteiger charge is -2.27. The van der Waals surface area contributed by atoms with E-state index in [9.17, 15) is 13.2 Å². The van der Waals surface area contributed by atoms with Gasteiger partial charge in [0.05, 0.1) is 0 Å². The molecular weight excluding hydrogens is 283 g/mol. The first-order chi connectivity index (χ1) is 9.81. The molecule has 21 heavy (non-hydrogen) atoms. The van der Waals surface area contributed by atoms with Gasteiger partial charge in [-0.3, -0.25) is 4.74 Å². The third-order valence-corrected chi connectivity index (χ3v) is 3.11. The minimum absolute atomic E-state index is 0.279. The summed E-state index contributed by atoms with van der Waals surface area (Å²) in [4.78, 5) is 5.30. The molecule has 0 aliphatic heterocycles. The number of pyridine rings is 1. The second kappa shape index (κ2) is 5.58. The maximum atomic E-state index is 12.2. The standard InChI is InChI=1S/C14H12F3N3O/c1-9(21-14(15,16)17)20(2)11-3-4-12-10(7-11)5-6-19-13(12)8-18/h3-7,9H,1-2H3. The summed E-state index contributed by atoms with van der Waals surface area (Å²) in [6, 6.07) is 8.65. The Morgan fingerprint density at radius 3 is 2.67 bits per heavy atom. The number of benzene rings is 1. The molecule has 0 bridgehead atoms. The molecule has 1 atom stereocenters. The fraction of sp³-hybridized carbons (Fsp3) is 0.286. The van der Waals surface area contributed by atoms with Crippen molar-refractivity contribution in [1.82, 2.24) is 4.98 Å². The lowest BCUT2D eigenvalue weighted by molar-refractivity contribution is -0.339. The van der Waals surface area contributed by atoms with Gasteiger partial charge in [0.15, 0.2) is 0 Å². The summed E-state index contributed by atoms with van der Waals surface area (Å²) < 4.78 is 40.7. The van der Waals surface area contributed by atoms with Crippen LogP contribution in [-0.4, -0.2) is 24.6 Å². The van der Waals surface area contributed by atoms with Gasteiger partial charge in [0.2, 0.25) is 0 Å². The van der Waals surface area contributed by atoms with E-state index in [1.165, 1.54) is 25.1 Å². The maximum Gasteiger partial charge on any atom is 0.524 e. The minimum Gasteiger partial charge on any atom is -0.349 e. The molecule has 2 rings (SSSR count). The van der Waals surface area contributed by atoms with Crippen LogP contribution in [0.1, 0.15) is 12.6 Å². The number of rotatable bonds is 3. The number of alkyl halides is 3. The maximum absolute atomic E-state index is 12.2. The highest BCUT2D eigenvalue weighted by molar-refractivity contribution is 5.89. The number of aromatic nitrogens is 1. The molecule has 0 amide bonds. The fourth-order valence-electron chi connectivity index (χ4n) is 1.96. The number of hydrogen-bond acceptors (Lipinski definition) is 4. The Bertz CT molecular complexity index is 694. The van der Waals surface area contributed by atoms with E-state index in [0.29, 0.717) is 11.1 Å². The zero-order valence-corrected chi connectivity index (χ0v) is 11.3. The van der Waals surface area contributed by atoms with Gasteiger partial charge in [-0.25, -0.2) is 4.98 Å². The van der Waals surface area contributed by atoms with E-state index in [2.05, 4.69) is 9.72 Å². The Morgan fingerprint density at radius 2 is 2.05 bits per heavy atom. The van der Waals surface area contributed by atoms with Crippen LogP contribution in [0.25, 0.3) is 10.8 Å². The Hall–Kier alpha value is -2.33. The smallest absolute Gasteiger partial charge is 0.349 e. The summed E-state index contributed by atoms with van der Waals surface area (Å²) in [6.07, 6.45) is -4.37. The molecule has 0 radical (unpaired) electrons. The van der Waals surface area contributed by atoms with Gasteiger partial charge in [-0.15, -0.1) is 13.2 Å². The van der Waals surface area contributed by atoms with E-state index in [-0.39, 0.29) is 5.69 Å². The van der Waals surface area contributed by atoms with Gasteiger partial charge in [-0.05, 0) is 36.6 Å². The predicted molar refractivity (Wildman–Crippen MR) is 71.5 cm³/mol. The molecule has 0 aliphatic carbocycles. The van der Waals surface area contributed by atoms with Crippen LogP contribution in [0.3, 0.4) is 0 Å². The summed E-state index contributed by atoms with van der Waals surface area (Å²) in [7, 11) is 1.50. The summed E-state index contributed by atoms with van der Waals surface area (Å²) in [5.41, 5.74) is 0.829. The Labute approximate surface area is 119 Å². The lowest BCUT2D eigenvalue weighted by atomic mass is 10.1. The van der Waals surface area contributed by atoms with E-state index < -0.39 is 12.6 Å². The molecule has 0 spiro atoms. The van der Waals surface area contributed by atoms with Crippen LogP contribution in [0.4, 0.5) is 18.9 Å². The third kappa shape index (κ3) is 3.41. The van der Waals surface area contributed by atoms with E-state index in [1.54, 1.807) is 24.3 Å². The number of halogens is 3. The Morgan fingerprint density at radius 1 is 1.33 bits per heavy atom. The SMILES string of the molecule is CC(OC(F)(F)F)N(C)c1ccc2c(C#N)nccc2c1. The topological polar surface area (TPSA) is 49.1 Å². The summed E-state index contributed by atoms with van der Waals surface area (Å²) in [6.45, 7) is 1.31. The monoisotopic (exact) mass is 295 g/mol. The van der Waals surface area contributed by atoms with Crippen LogP contribution in [0.2, 0.25) is 0 Å². The third-order valence-electron chi connectivity index (χ3n) is 3.11. The van der Waals surface area contributed by atoms with E-state index in [1.807, 2.05) is 6.07 Å². The number of hydrogen-bond donors (Lipinski definition) is 0. The van der Waals surface area contributed by atoms with Crippen molar-refractivity contribution in [3.05, 3.63) is 36.2 Å². The van der Waals surface area contributed by atoms with Crippen molar-refractivity contribution in [2.45, 2.75) is 19.5 Å². The first-order valence-corrected chi connectivity index (χ1v) is 6.08. The highest BCUT2D eigenvalue weighted by Gasteiger charge is 2.33. The number of nitrogens with zero attached hydrogens (tertiary/aromatic N) is 3. The van der Waals surface area contributed by atoms with Crippen molar-refractivity contribution in [2.75, 3.05) is 11.9 Å². The zero-order chi connectivity index (χ0) is 15.6. The first-order valence-electron chi connectivity index (χ1n) is 6.08.